The molecule has 0 bridgehead atoms. The van der Waals surface area contributed by atoms with Gasteiger partial charge in [0.25, 0.3) is 0 Å². The van der Waals surface area contributed by atoms with Crippen LogP contribution in [0.5, 0.6) is 0 Å². The van der Waals surface area contributed by atoms with Crippen molar-refractivity contribution in [1.82, 2.24) is 0 Å². The van der Waals surface area contributed by atoms with Crippen LogP contribution in [0.4, 0.5) is 11.4 Å². The van der Waals surface area contributed by atoms with E-state index in [1.54, 1.807) is 11.1 Å². The van der Waals surface area contributed by atoms with Crippen molar-refractivity contribution < 1.29 is 20.4 Å². The summed E-state index contributed by atoms with van der Waals surface area (Å²) in [6, 6.07) is 14.3. The minimum atomic E-state index is 0. The fourth-order valence-corrected chi connectivity index (χ4v) is 10.1. The Balaban J connectivity index is 0.0000238. The van der Waals surface area contributed by atoms with E-state index in [9.17, 15) is 0 Å². The molecule has 0 amide bonds. The van der Waals surface area contributed by atoms with Crippen molar-refractivity contribution >= 4 is 22.8 Å². The normalized spacial score (nSPS) is 12.1. The molecule has 0 aliphatic rings. The van der Waals surface area contributed by atoms with E-state index >= 15 is 0 Å². The van der Waals surface area contributed by atoms with Gasteiger partial charge in [0.1, 0.15) is 0 Å². The van der Waals surface area contributed by atoms with E-state index in [1.165, 1.54) is 267 Å². The third kappa shape index (κ3) is 35.1. The van der Waals surface area contributed by atoms with Gasteiger partial charge in [0.05, 0.1) is 22.8 Å². The number of aryl methyl sites for hydroxylation is 4. The average Bonchev–Trinajstić information content (AvgIpc) is 3.35. The number of allylic oxidation sites excluding steroid dienone is 2. The van der Waals surface area contributed by atoms with Crippen LogP contribution in [0.15, 0.2) is 58.5 Å². The topological polar surface area (TPSA) is 24.7 Å². The summed E-state index contributed by atoms with van der Waals surface area (Å²) in [6.07, 6.45) is 63.4. The van der Waals surface area contributed by atoms with Crippen molar-refractivity contribution in [2.75, 3.05) is 0 Å². The summed E-state index contributed by atoms with van der Waals surface area (Å²) in [5, 5.41) is 0. The Morgan fingerprint density at radius 2 is 0.638 bits per heavy atom. The standard InChI is InChI=1S/C66H114N2.Pd/c1-7-13-19-21-22-23-24-25-26-27-28-29-30-31-32-33-34-35-36-37-38-39-40-46-52-66(68-64-56-54-60(48-42-16-10-4)62(58-64)50-44-18-12-6)65(51-45-20-14-8-2)67-63-55-53-59(47-41-15-9-3)61(57-63)49-43-17-11-5;/h46,52-58H,7-45,47-51H2,1-6H3;/b52-46+,67-65+,68-66+;. The third-order valence-electron chi connectivity index (χ3n) is 14.7. The Kier molecular flexibility index (Phi) is 45.8. The van der Waals surface area contributed by atoms with Crippen molar-refractivity contribution in [2.45, 2.75) is 324 Å². The van der Waals surface area contributed by atoms with Gasteiger partial charge in [-0.2, -0.15) is 0 Å². The van der Waals surface area contributed by atoms with Crippen molar-refractivity contribution in [1.29, 1.82) is 0 Å². The molecule has 0 aliphatic heterocycles. The number of rotatable bonds is 48. The Bertz CT molecular complexity index is 1530. The van der Waals surface area contributed by atoms with E-state index in [4.69, 9.17) is 9.98 Å². The zero-order valence-corrected chi connectivity index (χ0v) is 48.5. The molecule has 0 radical (unpaired) electrons. The third-order valence-corrected chi connectivity index (χ3v) is 14.7. The molecule has 0 aliphatic carbocycles. The Morgan fingerprint density at radius 1 is 0.333 bits per heavy atom. The first kappa shape index (κ1) is 65.2. The Hall–Kier alpha value is -1.82. The Labute approximate surface area is 445 Å². The number of unbranched alkanes of at least 4 members (excludes halogenated alkanes) is 33. The maximum Gasteiger partial charge on any atom is 0.0848 e. The average molecular weight is 1040 g/mol. The molecule has 0 heterocycles. The molecule has 0 unspecified atom stereocenters. The van der Waals surface area contributed by atoms with Gasteiger partial charge in [-0.25, -0.2) is 4.99 Å². The van der Waals surface area contributed by atoms with Crippen LogP contribution < -0.4 is 0 Å². The van der Waals surface area contributed by atoms with Gasteiger partial charge in [0.2, 0.25) is 0 Å². The van der Waals surface area contributed by atoms with Crippen molar-refractivity contribution in [2.24, 2.45) is 9.98 Å². The minimum absolute atomic E-state index is 0. The molecule has 0 saturated carbocycles. The number of aliphatic imine (C=N–C) groups is 2. The van der Waals surface area contributed by atoms with E-state index in [0.717, 1.165) is 49.2 Å². The molecule has 0 atom stereocenters. The predicted molar refractivity (Wildman–Crippen MR) is 310 cm³/mol. The summed E-state index contributed by atoms with van der Waals surface area (Å²) in [5.41, 5.74) is 10.6. The quantitative estimate of drug-likeness (QED) is 0.0358. The van der Waals surface area contributed by atoms with E-state index in [1.807, 2.05) is 0 Å². The molecule has 0 fully saturated rings. The van der Waals surface area contributed by atoms with Gasteiger partial charge in [-0.15, -0.1) is 0 Å². The number of hydrogen-bond acceptors (Lipinski definition) is 2. The van der Waals surface area contributed by atoms with Crippen molar-refractivity contribution in [3.63, 3.8) is 0 Å². The van der Waals surface area contributed by atoms with Gasteiger partial charge >= 0.3 is 0 Å². The molecule has 398 valence electrons. The van der Waals surface area contributed by atoms with Crippen LogP contribution in [-0.4, -0.2) is 11.4 Å². The van der Waals surface area contributed by atoms with Crippen LogP contribution in [0.2, 0.25) is 0 Å². The molecule has 2 aromatic carbocycles. The molecule has 2 aromatic rings. The fraction of sp³-hybridized carbons (Fsp3) is 0.758. The van der Waals surface area contributed by atoms with Gasteiger partial charge in [-0.1, -0.05) is 265 Å². The van der Waals surface area contributed by atoms with Gasteiger partial charge in [0, 0.05) is 20.4 Å². The largest absolute Gasteiger partial charge is 0.251 e. The van der Waals surface area contributed by atoms with Gasteiger partial charge in [0.15, 0.2) is 0 Å². The monoisotopic (exact) mass is 1040 g/mol. The number of hydrogen-bond donors (Lipinski definition) is 0. The van der Waals surface area contributed by atoms with Crippen LogP contribution in [0.25, 0.3) is 0 Å². The maximum absolute atomic E-state index is 5.58. The second-order valence-electron chi connectivity index (χ2n) is 21.2. The van der Waals surface area contributed by atoms with Gasteiger partial charge < -0.3 is 0 Å². The van der Waals surface area contributed by atoms with Crippen LogP contribution in [0.1, 0.15) is 321 Å². The first-order chi connectivity index (χ1) is 33.6. The van der Waals surface area contributed by atoms with Crippen LogP contribution in [-0.2, 0) is 46.1 Å². The number of nitrogens with zero attached hydrogens (tertiary/aromatic N) is 2. The second kappa shape index (κ2) is 48.4. The molecule has 2 rings (SSSR count). The van der Waals surface area contributed by atoms with E-state index < -0.39 is 0 Å². The van der Waals surface area contributed by atoms with E-state index in [-0.39, 0.29) is 20.4 Å². The van der Waals surface area contributed by atoms with Gasteiger partial charge in [-0.3, -0.25) is 4.99 Å². The van der Waals surface area contributed by atoms with Gasteiger partial charge in [-0.05, 0) is 130 Å². The maximum atomic E-state index is 5.58. The molecular weight excluding hydrogens is 927 g/mol. The van der Waals surface area contributed by atoms with Crippen molar-refractivity contribution in [3.05, 3.63) is 70.8 Å². The zero-order chi connectivity index (χ0) is 48.8. The first-order valence-electron chi connectivity index (χ1n) is 30.7. The SMILES string of the molecule is CCCCCCCCCCCCCCCCCCCCCCCC/C=C/C(=N\c1ccc(CCCCC)c(CCCCC)c1)C(/CCCCCC)=N/c1ccc(CCCCC)c(CCCCC)c1.[Pd]. The molecule has 0 saturated heterocycles. The molecule has 0 aromatic heterocycles. The Morgan fingerprint density at radius 3 is 1.01 bits per heavy atom. The summed E-state index contributed by atoms with van der Waals surface area (Å²) in [4.78, 5) is 11.1. The van der Waals surface area contributed by atoms with E-state index in [0.29, 0.717) is 0 Å². The molecular formula is C66H114N2Pd. The van der Waals surface area contributed by atoms with E-state index in [2.05, 4.69) is 90.1 Å². The summed E-state index contributed by atoms with van der Waals surface area (Å²) in [7, 11) is 0. The first-order valence-corrected chi connectivity index (χ1v) is 30.7. The molecule has 0 N–H and O–H groups in total. The molecule has 3 heteroatoms. The zero-order valence-electron chi connectivity index (χ0n) is 46.9. The predicted octanol–water partition coefficient (Wildman–Crippen LogP) is 23.0. The van der Waals surface area contributed by atoms with Crippen LogP contribution in [0, 0.1) is 0 Å². The summed E-state index contributed by atoms with van der Waals surface area (Å²) in [5.74, 6) is 0. The fourth-order valence-electron chi connectivity index (χ4n) is 10.1. The summed E-state index contributed by atoms with van der Waals surface area (Å²) in [6.45, 7) is 13.9. The van der Waals surface area contributed by atoms with Crippen LogP contribution >= 0.6 is 0 Å². The minimum Gasteiger partial charge on any atom is -0.251 e. The summed E-state index contributed by atoms with van der Waals surface area (Å²) < 4.78 is 0. The number of benzene rings is 2. The van der Waals surface area contributed by atoms with Crippen LogP contribution in [0.3, 0.4) is 0 Å². The van der Waals surface area contributed by atoms with Crippen molar-refractivity contribution in [3.8, 4) is 0 Å². The molecule has 69 heavy (non-hydrogen) atoms. The second-order valence-corrected chi connectivity index (χ2v) is 21.2. The summed E-state index contributed by atoms with van der Waals surface area (Å²) >= 11 is 0. The molecule has 0 spiro atoms. The molecule has 2 nitrogen and oxygen atoms in total. The smallest absolute Gasteiger partial charge is 0.0848 e.